The van der Waals surface area contributed by atoms with Crippen LogP contribution in [0.1, 0.15) is 31.1 Å². The number of aromatic nitrogens is 1. The highest BCUT2D eigenvalue weighted by Crippen LogP contribution is 2.32. The molecule has 0 unspecified atom stereocenters. The summed E-state index contributed by atoms with van der Waals surface area (Å²) in [5, 5.41) is 6.16. The summed E-state index contributed by atoms with van der Waals surface area (Å²) in [6.45, 7) is 7.20. The van der Waals surface area contributed by atoms with E-state index in [0.717, 1.165) is 5.69 Å². The van der Waals surface area contributed by atoms with Crippen LogP contribution in [0.15, 0.2) is 36.7 Å². The van der Waals surface area contributed by atoms with Crippen molar-refractivity contribution in [3.05, 3.63) is 42.2 Å². The van der Waals surface area contributed by atoms with Crippen LogP contribution in [0, 0.1) is 0 Å². The van der Waals surface area contributed by atoms with Gasteiger partial charge in [-0.25, -0.2) is 0 Å². The third-order valence-electron chi connectivity index (χ3n) is 3.32. The molecule has 3 rings (SSSR count). The van der Waals surface area contributed by atoms with Gasteiger partial charge in [-0.1, -0.05) is 0 Å². The molecule has 0 radical (unpaired) electrons. The predicted octanol–water partition coefficient (Wildman–Crippen LogP) is 3.32. The molecule has 1 aromatic heterocycles. The van der Waals surface area contributed by atoms with E-state index in [1.807, 2.05) is 0 Å². The van der Waals surface area contributed by atoms with Crippen LogP contribution in [0.4, 0.5) is 11.4 Å². The summed E-state index contributed by atoms with van der Waals surface area (Å²) >= 11 is 0. The molecule has 0 atom stereocenters. The Morgan fingerprint density at radius 1 is 1.04 bits per heavy atom. The van der Waals surface area contributed by atoms with E-state index in [2.05, 4.69) is 36.4 Å². The molecule has 2 N–H and O–H groups in total. The summed E-state index contributed by atoms with van der Waals surface area (Å²) in [6, 6.07) is 7.12. The average molecular weight is 327 g/mol. The fourth-order valence-corrected chi connectivity index (χ4v) is 2.39. The van der Waals surface area contributed by atoms with Crippen molar-refractivity contribution in [1.29, 1.82) is 0 Å². The molecule has 0 bridgehead atoms. The maximum absolute atomic E-state index is 12.4. The summed E-state index contributed by atoms with van der Waals surface area (Å²) in [4.78, 5) is 16.6. The molecule has 0 saturated carbocycles. The molecule has 2 heterocycles. The van der Waals surface area contributed by atoms with Gasteiger partial charge < -0.3 is 20.1 Å². The zero-order chi connectivity index (χ0) is 17.2. The minimum Gasteiger partial charge on any atom is -0.486 e. The van der Waals surface area contributed by atoms with Crippen molar-refractivity contribution in [1.82, 2.24) is 4.98 Å². The van der Waals surface area contributed by atoms with Crippen LogP contribution >= 0.6 is 0 Å². The Bertz CT molecular complexity index is 753. The van der Waals surface area contributed by atoms with Crippen molar-refractivity contribution in [2.45, 2.75) is 26.3 Å². The Balaban J connectivity index is 1.74. The number of fused-ring (bicyclic) bond motifs is 1. The van der Waals surface area contributed by atoms with Gasteiger partial charge in [0.1, 0.15) is 13.2 Å². The topological polar surface area (TPSA) is 72.5 Å². The van der Waals surface area contributed by atoms with E-state index in [0.29, 0.717) is 36.0 Å². The van der Waals surface area contributed by atoms with E-state index >= 15 is 0 Å². The van der Waals surface area contributed by atoms with E-state index in [1.54, 1.807) is 36.7 Å². The van der Waals surface area contributed by atoms with Gasteiger partial charge in [-0.15, -0.1) is 0 Å². The van der Waals surface area contributed by atoms with E-state index in [9.17, 15) is 4.79 Å². The quantitative estimate of drug-likeness (QED) is 0.905. The van der Waals surface area contributed by atoms with Gasteiger partial charge in [-0.3, -0.25) is 9.78 Å². The third-order valence-corrected chi connectivity index (χ3v) is 3.32. The van der Waals surface area contributed by atoms with Crippen LogP contribution in [0.5, 0.6) is 11.5 Å². The minimum atomic E-state index is -0.225. The lowest BCUT2D eigenvalue weighted by Crippen LogP contribution is -2.26. The fraction of sp³-hybridized carbons (Fsp3) is 0.333. The second-order valence-corrected chi connectivity index (χ2v) is 6.65. The number of anilines is 2. The minimum absolute atomic E-state index is 0.105. The second-order valence-electron chi connectivity index (χ2n) is 6.65. The number of hydrogen-bond donors (Lipinski definition) is 2. The van der Waals surface area contributed by atoms with Crippen LogP contribution in [-0.2, 0) is 0 Å². The van der Waals surface area contributed by atoms with Crippen LogP contribution in [-0.4, -0.2) is 29.6 Å². The van der Waals surface area contributed by atoms with Crippen molar-refractivity contribution >= 4 is 17.3 Å². The molecule has 1 amide bonds. The highest BCUT2D eigenvalue weighted by molar-refractivity contribution is 6.04. The van der Waals surface area contributed by atoms with Gasteiger partial charge in [0.05, 0.1) is 11.3 Å². The molecule has 0 aliphatic carbocycles. The highest BCUT2D eigenvalue weighted by Gasteiger charge is 2.15. The van der Waals surface area contributed by atoms with Gasteiger partial charge in [-0.05, 0) is 39.0 Å². The number of amides is 1. The fourth-order valence-electron chi connectivity index (χ4n) is 2.39. The number of hydrogen-bond acceptors (Lipinski definition) is 5. The second kappa shape index (κ2) is 6.39. The first-order chi connectivity index (χ1) is 11.4. The summed E-state index contributed by atoms with van der Waals surface area (Å²) in [6.07, 6.45) is 3.24. The first kappa shape index (κ1) is 16.1. The number of ether oxygens (including phenoxy) is 2. The molecule has 0 fully saturated rings. The SMILES string of the molecule is CC(C)(C)Nc1cncc(C(=O)Nc2ccc3c(c2)OCCO3)c1. The predicted molar refractivity (Wildman–Crippen MR) is 93.0 cm³/mol. The Morgan fingerprint density at radius 2 is 1.79 bits per heavy atom. The molecule has 0 spiro atoms. The van der Waals surface area contributed by atoms with Gasteiger partial charge in [0.25, 0.3) is 5.91 Å². The number of pyridine rings is 1. The number of nitrogens with zero attached hydrogens (tertiary/aromatic N) is 1. The van der Waals surface area contributed by atoms with Crippen molar-refractivity contribution in [3.63, 3.8) is 0 Å². The lowest BCUT2D eigenvalue weighted by atomic mass is 10.1. The van der Waals surface area contributed by atoms with Crippen LogP contribution in [0.3, 0.4) is 0 Å². The smallest absolute Gasteiger partial charge is 0.257 e. The third kappa shape index (κ3) is 3.95. The monoisotopic (exact) mass is 327 g/mol. The molecule has 1 aliphatic rings. The van der Waals surface area contributed by atoms with Gasteiger partial charge in [0, 0.05) is 29.7 Å². The van der Waals surface area contributed by atoms with Crippen molar-refractivity contribution < 1.29 is 14.3 Å². The lowest BCUT2D eigenvalue weighted by molar-refractivity contribution is 0.102. The molecule has 24 heavy (non-hydrogen) atoms. The number of nitrogens with one attached hydrogen (secondary N) is 2. The summed E-state index contributed by atoms with van der Waals surface area (Å²) in [5.74, 6) is 1.11. The number of carbonyl (C=O) groups is 1. The van der Waals surface area contributed by atoms with Gasteiger partial charge in [-0.2, -0.15) is 0 Å². The van der Waals surface area contributed by atoms with Crippen molar-refractivity contribution in [2.75, 3.05) is 23.8 Å². The Morgan fingerprint density at radius 3 is 2.54 bits per heavy atom. The zero-order valence-corrected chi connectivity index (χ0v) is 14.1. The summed E-state index contributed by atoms with van der Waals surface area (Å²) in [7, 11) is 0. The summed E-state index contributed by atoms with van der Waals surface area (Å²) < 4.78 is 11.0. The Hall–Kier alpha value is -2.76. The first-order valence-corrected chi connectivity index (χ1v) is 7.85. The molecule has 126 valence electrons. The first-order valence-electron chi connectivity index (χ1n) is 7.85. The van der Waals surface area contributed by atoms with Crippen LogP contribution < -0.4 is 20.1 Å². The summed E-state index contributed by atoms with van der Waals surface area (Å²) in [5.41, 5.74) is 1.84. The molecular weight excluding hydrogens is 306 g/mol. The number of rotatable bonds is 3. The molecule has 2 aromatic rings. The average Bonchev–Trinajstić information content (AvgIpc) is 2.53. The molecule has 1 aliphatic heterocycles. The van der Waals surface area contributed by atoms with Crippen LogP contribution in [0.25, 0.3) is 0 Å². The van der Waals surface area contributed by atoms with Gasteiger partial charge in [0.2, 0.25) is 0 Å². The van der Waals surface area contributed by atoms with Gasteiger partial charge in [0.15, 0.2) is 11.5 Å². The van der Waals surface area contributed by atoms with E-state index < -0.39 is 0 Å². The maximum atomic E-state index is 12.4. The maximum Gasteiger partial charge on any atom is 0.257 e. The van der Waals surface area contributed by atoms with E-state index in [1.165, 1.54) is 0 Å². The van der Waals surface area contributed by atoms with E-state index in [-0.39, 0.29) is 11.4 Å². The number of carbonyl (C=O) groups excluding carboxylic acids is 1. The molecule has 6 nitrogen and oxygen atoms in total. The lowest BCUT2D eigenvalue weighted by Gasteiger charge is -2.22. The molecule has 6 heteroatoms. The van der Waals surface area contributed by atoms with E-state index in [4.69, 9.17) is 9.47 Å². The number of benzene rings is 1. The zero-order valence-electron chi connectivity index (χ0n) is 14.1. The van der Waals surface area contributed by atoms with Crippen LogP contribution in [0.2, 0.25) is 0 Å². The van der Waals surface area contributed by atoms with Crippen molar-refractivity contribution in [2.24, 2.45) is 0 Å². The molecule has 1 aromatic carbocycles. The van der Waals surface area contributed by atoms with Crippen molar-refractivity contribution in [3.8, 4) is 11.5 Å². The van der Waals surface area contributed by atoms with Gasteiger partial charge >= 0.3 is 0 Å². The molecular formula is C18H21N3O3. The highest BCUT2D eigenvalue weighted by atomic mass is 16.6. The Kier molecular flexibility index (Phi) is 4.29. The standard InChI is InChI=1S/C18H21N3O3/c1-18(2,3)21-14-8-12(10-19-11-14)17(22)20-13-4-5-15-16(9-13)24-7-6-23-15/h4-5,8-11,21H,6-7H2,1-3H3,(H,20,22). The molecule has 0 saturated heterocycles. The Labute approximate surface area is 141 Å². The normalized spacial score (nSPS) is 13.3. The largest absolute Gasteiger partial charge is 0.486 e.